The number of amides is 2. The topological polar surface area (TPSA) is 75.2 Å². The molecule has 2 amide bonds. The van der Waals surface area contributed by atoms with Crippen molar-refractivity contribution < 1.29 is 9.59 Å². The predicted octanol–water partition coefficient (Wildman–Crippen LogP) is 4.71. The average molecular weight is 443 g/mol. The summed E-state index contributed by atoms with van der Waals surface area (Å²) in [5.74, 6) is 0.453. The first-order valence-corrected chi connectivity index (χ1v) is 11.6. The number of benzene rings is 2. The number of nitrogens with zero attached hydrogens (tertiary/aromatic N) is 3. The van der Waals surface area contributed by atoms with Crippen molar-refractivity contribution in [2.75, 3.05) is 13.1 Å². The summed E-state index contributed by atoms with van der Waals surface area (Å²) in [6.45, 7) is 5.72. The lowest BCUT2D eigenvalue weighted by atomic mass is 9.98. The van der Waals surface area contributed by atoms with Crippen molar-refractivity contribution in [3.63, 3.8) is 0 Å². The summed E-state index contributed by atoms with van der Waals surface area (Å²) in [6.07, 6.45) is 7.77. The van der Waals surface area contributed by atoms with Crippen molar-refractivity contribution in [2.45, 2.75) is 46.1 Å². The van der Waals surface area contributed by atoms with Crippen molar-refractivity contribution in [2.24, 2.45) is 0 Å². The number of aromatic nitrogens is 2. The minimum absolute atomic E-state index is 0.00755. The van der Waals surface area contributed by atoms with Crippen LogP contribution < -0.4 is 5.32 Å². The van der Waals surface area contributed by atoms with Crippen LogP contribution in [0.25, 0.3) is 11.1 Å². The van der Waals surface area contributed by atoms with E-state index in [1.807, 2.05) is 55.1 Å². The van der Waals surface area contributed by atoms with E-state index in [2.05, 4.69) is 15.3 Å². The molecule has 1 N–H and O–H groups in total. The summed E-state index contributed by atoms with van der Waals surface area (Å²) in [6, 6.07) is 13.6. The average Bonchev–Trinajstić information content (AvgIpc) is 3.13. The summed E-state index contributed by atoms with van der Waals surface area (Å²) in [5, 5.41) is 2.93. The molecule has 0 bridgehead atoms. The molecule has 1 saturated heterocycles. The van der Waals surface area contributed by atoms with E-state index in [1.54, 1.807) is 18.5 Å². The molecular formula is C27H30N4O2. The van der Waals surface area contributed by atoms with Gasteiger partial charge in [0.25, 0.3) is 11.8 Å². The van der Waals surface area contributed by atoms with Gasteiger partial charge in [0, 0.05) is 48.7 Å². The smallest absolute Gasteiger partial charge is 0.253 e. The zero-order valence-corrected chi connectivity index (χ0v) is 19.3. The number of hydrogen-bond donors (Lipinski definition) is 1. The standard InChI is InChI=1S/C27H30N4O2/c1-19-7-9-22(10-8-19)23-13-24(26(32)30-18-21-16-28-20(2)29-17-21)15-25(14-23)27(33)31-11-5-3-4-6-12-31/h7-10,13-17H,3-6,11-12,18H2,1-2H3,(H,30,32). The van der Waals surface area contributed by atoms with E-state index in [1.165, 1.54) is 0 Å². The van der Waals surface area contributed by atoms with Gasteiger partial charge in [-0.15, -0.1) is 0 Å². The van der Waals surface area contributed by atoms with Gasteiger partial charge < -0.3 is 10.2 Å². The Kier molecular flexibility index (Phi) is 7.13. The molecule has 0 aliphatic carbocycles. The molecule has 0 radical (unpaired) electrons. The van der Waals surface area contributed by atoms with Crippen LogP contribution in [0.5, 0.6) is 0 Å². The number of likely N-dealkylation sites (tertiary alicyclic amines) is 1. The van der Waals surface area contributed by atoms with Crippen LogP contribution in [0.4, 0.5) is 0 Å². The lowest BCUT2D eigenvalue weighted by molar-refractivity contribution is 0.0761. The largest absolute Gasteiger partial charge is 0.348 e. The highest BCUT2D eigenvalue weighted by Crippen LogP contribution is 2.25. The van der Waals surface area contributed by atoms with E-state index in [0.717, 1.165) is 61.0 Å². The van der Waals surface area contributed by atoms with E-state index in [9.17, 15) is 9.59 Å². The fourth-order valence-electron chi connectivity index (χ4n) is 4.05. The first-order chi connectivity index (χ1) is 16.0. The van der Waals surface area contributed by atoms with Crippen molar-refractivity contribution in [3.05, 3.63) is 82.9 Å². The molecule has 2 heterocycles. The van der Waals surface area contributed by atoms with Gasteiger partial charge in [0.1, 0.15) is 5.82 Å². The summed E-state index contributed by atoms with van der Waals surface area (Å²) in [5.41, 5.74) is 4.85. The van der Waals surface area contributed by atoms with Gasteiger partial charge in [0.15, 0.2) is 0 Å². The lowest BCUT2D eigenvalue weighted by Crippen LogP contribution is -2.32. The molecule has 3 aromatic rings. The molecule has 33 heavy (non-hydrogen) atoms. The molecule has 1 aromatic heterocycles. The molecular weight excluding hydrogens is 412 g/mol. The Balaban J connectivity index is 1.62. The SMILES string of the molecule is Cc1ccc(-c2cc(C(=O)NCc3cnc(C)nc3)cc(C(=O)N3CCCCCC3)c2)cc1. The van der Waals surface area contributed by atoms with Crippen LogP contribution in [0.3, 0.4) is 0 Å². The van der Waals surface area contributed by atoms with Crippen molar-refractivity contribution >= 4 is 11.8 Å². The third-order valence-electron chi connectivity index (χ3n) is 6.01. The van der Waals surface area contributed by atoms with Gasteiger partial charge in [-0.2, -0.15) is 0 Å². The van der Waals surface area contributed by atoms with Crippen LogP contribution in [-0.2, 0) is 6.54 Å². The Morgan fingerprint density at radius 2 is 1.48 bits per heavy atom. The van der Waals surface area contributed by atoms with Crippen molar-refractivity contribution in [1.82, 2.24) is 20.2 Å². The van der Waals surface area contributed by atoms with Crippen LogP contribution in [-0.4, -0.2) is 39.8 Å². The molecule has 0 spiro atoms. The monoisotopic (exact) mass is 442 g/mol. The molecule has 2 aromatic carbocycles. The molecule has 6 nitrogen and oxygen atoms in total. The number of aryl methyl sites for hydroxylation is 2. The second kappa shape index (κ2) is 10.4. The first-order valence-electron chi connectivity index (χ1n) is 11.6. The number of nitrogens with one attached hydrogen (secondary N) is 1. The van der Waals surface area contributed by atoms with Crippen molar-refractivity contribution in [3.8, 4) is 11.1 Å². The van der Waals surface area contributed by atoms with Gasteiger partial charge >= 0.3 is 0 Å². The van der Waals surface area contributed by atoms with E-state index < -0.39 is 0 Å². The zero-order valence-electron chi connectivity index (χ0n) is 19.3. The third-order valence-corrected chi connectivity index (χ3v) is 6.01. The highest BCUT2D eigenvalue weighted by molar-refractivity contribution is 6.01. The van der Waals surface area contributed by atoms with E-state index >= 15 is 0 Å². The summed E-state index contributed by atoms with van der Waals surface area (Å²) in [4.78, 5) is 36.7. The normalized spacial score (nSPS) is 13.9. The maximum absolute atomic E-state index is 13.4. The van der Waals surface area contributed by atoms with Gasteiger partial charge in [0.2, 0.25) is 0 Å². The number of carbonyl (C=O) groups is 2. The molecule has 4 rings (SSSR count). The second-order valence-electron chi connectivity index (χ2n) is 8.69. The molecule has 0 saturated carbocycles. The summed E-state index contributed by atoms with van der Waals surface area (Å²) < 4.78 is 0. The molecule has 1 aliphatic rings. The van der Waals surface area contributed by atoms with Gasteiger partial charge in [0.05, 0.1) is 0 Å². The van der Waals surface area contributed by atoms with Crippen LogP contribution in [0.1, 0.15) is 63.4 Å². The minimum atomic E-state index is -0.227. The predicted molar refractivity (Wildman–Crippen MR) is 129 cm³/mol. The number of rotatable bonds is 5. The number of carbonyl (C=O) groups excluding carboxylic acids is 2. The summed E-state index contributed by atoms with van der Waals surface area (Å²) in [7, 11) is 0. The molecule has 0 atom stereocenters. The Bertz CT molecular complexity index is 1120. The fourth-order valence-corrected chi connectivity index (χ4v) is 4.05. The zero-order chi connectivity index (χ0) is 23.2. The highest BCUT2D eigenvalue weighted by Gasteiger charge is 2.20. The second-order valence-corrected chi connectivity index (χ2v) is 8.69. The molecule has 0 unspecified atom stereocenters. The Labute approximate surface area is 195 Å². The molecule has 1 aliphatic heterocycles. The quantitative estimate of drug-likeness (QED) is 0.621. The highest BCUT2D eigenvalue weighted by atomic mass is 16.2. The number of hydrogen-bond acceptors (Lipinski definition) is 4. The lowest BCUT2D eigenvalue weighted by Gasteiger charge is -2.21. The Morgan fingerprint density at radius 1 is 0.848 bits per heavy atom. The third kappa shape index (κ3) is 5.83. The maximum atomic E-state index is 13.4. The first kappa shape index (κ1) is 22.6. The van der Waals surface area contributed by atoms with Crippen LogP contribution >= 0.6 is 0 Å². The van der Waals surface area contributed by atoms with Crippen LogP contribution in [0.15, 0.2) is 54.9 Å². The van der Waals surface area contributed by atoms with Gasteiger partial charge in [-0.3, -0.25) is 9.59 Å². The van der Waals surface area contributed by atoms with Gasteiger partial charge in [-0.1, -0.05) is 42.7 Å². The molecule has 1 fully saturated rings. The van der Waals surface area contributed by atoms with Crippen LogP contribution in [0.2, 0.25) is 0 Å². The summed E-state index contributed by atoms with van der Waals surface area (Å²) >= 11 is 0. The molecule has 6 heteroatoms. The van der Waals surface area contributed by atoms with Crippen molar-refractivity contribution in [1.29, 1.82) is 0 Å². The van der Waals surface area contributed by atoms with E-state index in [4.69, 9.17) is 0 Å². The Morgan fingerprint density at radius 3 is 2.15 bits per heavy atom. The van der Waals surface area contributed by atoms with Gasteiger partial charge in [-0.05, 0) is 56.0 Å². The van der Waals surface area contributed by atoms with Gasteiger partial charge in [-0.25, -0.2) is 9.97 Å². The minimum Gasteiger partial charge on any atom is -0.348 e. The Hall–Kier alpha value is -3.54. The molecule has 170 valence electrons. The maximum Gasteiger partial charge on any atom is 0.253 e. The fraction of sp³-hybridized carbons (Fsp3) is 0.333. The van der Waals surface area contributed by atoms with Crippen LogP contribution in [0, 0.1) is 13.8 Å². The van der Waals surface area contributed by atoms with E-state index in [-0.39, 0.29) is 11.8 Å². The van der Waals surface area contributed by atoms with E-state index in [0.29, 0.717) is 23.5 Å².